The minimum atomic E-state index is 0.421. The molecule has 2 N–H and O–H groups in total. The highest BCUT2D eigenvalue weighted by molar-refractivity contribution is 5.03. The van der Waals surface area contributed by atoms with Crippen LogP contribution >= 0.6 is 0 Å². The van der Waals surface area contributed by atoms with Gasteiger partial charge in [0.05, 0.1) is 12.2 Å². The molecule has 0 saturated carbocycles. The van der Waals surface area contributed by atoms with Crippen molar-refractivity contribution in [3.63, 3.8) is 0 Å². The number of hydrogen-bond donors (Lipinski definition) is 1. The van der Waals surface area contributed by atoms with Gasteiger partial charge in [0.15, 0.2) is 5.76 Å². The zero-order chi connectivity index (χ0) is 11.5. The topological polar surface area (TPSA) is 58.5 Å². The van der Waals surface area contributed by atoms with E-state index in [1.54, 1.807) is 0 Å². The third-order valence-electron chi connectivity index (χ3n) is 3.12. The Morgan fingerprint density at radius 2 is 2.38 bits per heavy atom. The predicted molar refractivity (Wildman–Crippen MR) is 62.0 cm³/mol. The van der Waals surface area contributed by atoms with Gasteiger partial charge in [0.25, 0.3) is 0 Å². The van der Waals surface area contributed by atoms with Crippen LogP contribution in [0.15, 0.2) is 10.6 Å². The van der Waals surface area contributed by atoms with Gasteiger partial charge in [-0.15, -0.1) is 0 Å². The molecule has 0 bridgehead atoms. The summed E-state index contributed by atoms with van der Waals surface area (Å²) in [6.07, 6.45) is 0. The second-order valence-corrected chi connectivity index (χ2v) is 4.56. The summed E-state index contributed by atoms with van der Waals surface area (Å²) in [5, 5.41) is 3.90. The molecule has 1 aromatic rings. The molecule has 1 fully saturated rings. The fourth-order valence-electron chi connectivity index (χ4n) is 2.17. The van der Waals surface area contributed by atoms with E-state index in [1.165, 1.54) is 0 Å². The van der Waals surface area contributed by atoms with Gasteiger partial charge in [0, 0.05) is 38.3 Å². The lowest BCUT2D eigenvalue weighted by Crippen LogP contribution is -2.54. The fraction of sp³-hybridized carbons (Fsp3) is 0.727. The van der Waals surface area contributed by atoms with Crippen molar-refractivity contribution in [2.24, 2.45) is 5.73 Å². The van der Waals surface area contributed by atoms with Crippen molar-refractivity contribution in [1.29, 1.82) is 0 Å². The summed E-state index contributed by atoms with van der Waals surface area (Å²) in [4.78, 5) is 4.69. The molecular weight excluding hydrogens is 204 g/mol. The second-order valence-electron chi connectivity index (χ2n) is 4.56. The van der Waals surface area contributed by atoms with Crippen LogP contribution in [-0.4, -0.2) is 54.2 Å². The lowest BCUT2D eigenvalue weighted by molar-refractivity contribution is 0.0799. The number of nitrogens with two attached hydrogens (primary N) is 1. The molecule has 1 aliphatic rings. The van der Waals surface area contributed by atoms with Crippen molar-refractivity contribution in [3.05, 3.63) is 17.5 Å². The monoisotopic (exact) mass is 224 g/mol. The summed E-state index contributed by atoms with van der Waals surface area (Å²) >= 11 is 0. The minimum absolute atomic E-state index is 0.421. The Morgan fingerprint density at radius 1 is 1.56 bits per heavy atom. The van der Waals surface area contributed by atoms with Crippen molar-refractivity contribution in [3.8, 4) is 0 Å². The maximum Gasteiger partial charge on any atom is 0.150 e. The fourth-order valence-corrected chi connectivity index (χ4v) is 2.17. The zero-order valence-electron chi connectivity index (χ0n) is 10.0. The van der Waals surface area contributed by atoms with Crippen LogP contribution in [0.2, 0.25) is 0 Å². The highest BCUT2D eigenvalue weighted by Crippen LogP contribution is 2.13. The van der Waals surface area contributed by atoms with Gasteiger partial charge in [-0.25, -0.2) is 0 Å². The van der Waals surface area contributed by atoms with Crippen LogP contribution in [-0.2, 0) is 6.54 Å². The quantitative estimate of drug-likeness (QED) is 0.786. The van der Waals surface area contributed by atoms with Crippen LogP contribution in [0.5, 0.6) is 0 Å². The summed E-state index contributed by atoms with van der Waals surface area (Å²) in [6.45, 7) is 6.61. The minimum Gasteiger partial charge on any atom is -0.360 e. The van der Waals surface area contributed by atoms with Crippen LogP contribution in [0.1, 0.15) is 11.5 Å². The number of hydrogen-bond acceptors (Lipinski definition) is 5. The van der Waals surface area contributed by atoms with Gasteiger partial charge in [0.2, 0.25) is 0 Å². The molecule has 0 spiro atoms. The van der Waals surface area contributed by atoms with Crippen molar-refractivity contribution >= 4 is 0 Å². The second kappa shape index (κ2) is 4.95. The smallest absolute Gasteiger partial charge is 0.150 e. The average Bonchev–Trinajstić information content (AvgIpc) is 2.67. The Hall–Kier alpha value is -0.910. The van der Waals surface area contributed by atoms with E-state index in [2.05, 4.69) is 22.0 Å². The Balaban J connectivity index is 1.97. The zero-order valence-corrected chi connectivity index (χ0v) is 10.0. The Kier molecular flexibility index (Phi) is 3.58. The lowest BCUT2D eigenvalue weighted by Gasteiger charge is -2.38. The molecule has 0 radical (unpaired) electrons. The normalized spacial score (nSPS) is 23.8. The van der Waals surface area contributed by atoms with Gasteiger partial charge >= 0.3 is 0 Å². The highest BCUT2D eigenvalue weighted by Gasteiger charge is 2.24. The van der Waals surface area contributed by atoms with E-state index in [4.69, 9.17) is 10.3 Å². The van der Waals surface area contributed by atoms with Crippen LogP contribution in [0, 0.1) is 6.92 Å². The first-order valence-electron chi connectivity index (χ1n) is 5.74. The largest absolute Gasteiger partial charge is 0.360 e. The number of nitrogens with zero attached hydrogens (tertiary/aromatic N) is 3. The molecule has 1 aromatic heterocycles. The molecular formula is C11H20N4O. The molecule has 1 aliphatic heterocycles. The third kappa shape index (κ3) is 2.61. The van der Waals surface area contributed by atoms with Crippen LogP contribution < -0.4 is 5.73 Å². The molecule has 2 rings (SSSR count). The summed E-state index contributed by atoms with van der Waals surface area (Å²) in [5.41, 5.74) is 6.74. The van der Waals surface area contributed by atoms with E-state index in [-0.39, 0.29) is 0 Å². The number of likely N-dealkylation sites (N-methyl/N-ethyl adjacent to an activating group) is 1. The maximum atomic E-state index is 5.80. The van der Waals surface area contributed by atoms with Crippen LogP contribution in [0.3, 0.4) is 0 Å². The van der Waals surface area contributed by atoms with E-state index in [0.29, 0.717) is 12.6 Å². The summed E-state index contributed by atoms with van der Waals surface area (Å²) in [5.74, 6) is 0.931. The molecule has 0 aliphatic carbocycles. The molecule has 1 saturated heterocycles. The number of piperazine rings is 1. The van der Waals surface area contributed by atoms with Crippen molar-refractivity contribution in [1.82, 2.24) is 15.0 Å². The molecule has 2 heterocycles. The van der Waals surface area contributed by atoms with Gasteiger partial charge < -0.3 is 15.2 Å². The number of aromatic nitrogens is 1. The summed E-state index contributed by atoms with van der Waals surface area (Å²) in [6, 6.07) is 2.41. The maximum absolute atomic E-state index is 5.80. The van der Waals surface area contributed by atoms with Gasteiger partial charge in [-0.05, 0) is 14.0 Å². The van der Waals surface area contributed by atoms with E-state index < -0.39 is 0 Å². The molecule has 0 amide bonds. The van der Waals surface area contributed by atoms with E-state index in [0.717, 1.165) is 37.6 Å². The van der Waals surface area contributed by atoms with Crippen LogP contribution in [0.25, 0.3) is 0 Å². The van der Waals surface area contributed by atoms with Gasteiger partial charge in [-0.3, -0.25) is 4.90 Å². The predicted octanol–water partition coefficient (Wildman–Crippen LogP) is 0.0577. The Labute approximate surface area is 96.2 Å². The molecule has 90 valence electrons. The molecule has 1 unspecified atom stereocenters. The third-order valence-corrected chi connectivity index (χ3v) is 3.12. The first-order valence-corrected chi connectivity index (χ1v) is 5.74. The van der Waals surface area contributed by atoms with Crippen LogP contribution in [0.4, 0.5) is 0 Å². The first kappa shape index (κ1) is 11.6. The first-order chi connectivity index (χ1) is 7.69. The molecule has 5 heteroatoms. The molecule has 0 aromatic carbocycles. The molecule has 16 heavy (non-hydrogen) atoms. The van der Waals surface area contributed by atoms with E-state index in [1.807, 2.05) is 13.0 Å². The van der Waals surface area contributed by atoms with Gasteiger partial charge in [-0.1, -0.05) is 5.16 Å². The Morgan fingerprint density at radius 3 is 3.00 bits per heavy atom. The standard InChI is InChI=1S/C11H20N4O/c1-9-5-11(16-13-9)8-15-4-3-14(2)7-10(15)6-12/h5,10H,3-4,6-8,12H2,1-2H3. The SMILES string of the molecule is Cc1cc(CN2CCN(C)CC2CN)on1. The van der Waals surface area contributed by atoms with E-state index >= 15 is 0 Å². The van der Waals surface area contributed by atoms with Gasteiger partial charge in [-0.2, -0.15) is 0 Å². The van der Waals surface area contributed by atoms with Crippen molar-refractivity contribution in [2.75, 3.05) is 33.2 Å². The summed E-state index contributed by atoms with van der Waals surface area (Å²) < 4.78 is 5.24. The van der Waals surface area contributed by atoms with E-state index in [9.17, 15) is 0 Å². The average molecular weight is 224 g/mol. The number of rotatable bonds is 3. The highest BCUT2D eigenvalue weighted by atomic mass is 16.5. The van der Waals surface area contributed by atoms with Crippen molar-refractivity contribution < 1.29 is 4.52 Å². The van der Waals surface area contributed by atoms with Gasteiger partial charge in [0.1, 0.15) is 0 Å². The Bertz CT molecular complexity index is 338. The summed E-state index contributed by atoms with van der Waals surface area (Å²) in [7, 11) is 2.14. The lowest BCUT2D eigenvalue weighted by atomic mass is 10.1. The van der Waals surface area contributed by atoms with Crippen molar-refractivity contribution in [2.45, 2.75) is 19.5 Å². The molecule has 5 nitrogen and oxygen atoms in total. The number of aryl methyl sites for hydroxylation is 1. The molecule has 1 atom stereocenters.